The van der Waals surface area contributed by atoms with Crippen LogP contribution in [0.2, 0.25) is 5.02 Å². The average Bonchev–Trinajstić information content (AvgIpc) is 2.42. The molecule has 100 valence electrons. The van der Waals surface area contributed by atoms with E-state index in [0.29, 0.717) is 11.6 Å². The SMILES string of the molecule is CCOc1ccc(C(O)c2ccc(C)c(Cl)c2)cc1. The molecule has 19 heavy (non-hydrogen) atoms. The van der Waals surface area contributed by atoms with E-state index in [1.807, 2.05) is 50.2 Å². The minimum absolute atomic E-state index is 0.634. The Morgan fingerprint density at radius 1 is 1.11 bits per heavy atom. The van der Waals surface area contributed by atoms with Gasteiger partial charge in [0, 0.05) is 5.02 Å². The van der Waals surface area contributed by atoms with Crippen LogP contribution >= 0.6 is 11.6 Å². The zero-order chi connectivity index (χ0) is 13.8. The van der Waals surface area contributed by atoms with Gasteiger partial charge < -0.3 is 9.84 Å². The second kappa shape index (κ2) is 6.09. The molecule has 2 aromatic carbocycles. The second-order valence-corrected chi connectivity index (χ2v) is 4.82. The molecule has 0 bridgehead atoms. The van der Waals surface area contributed by atoms with Crippen molar-refractivity contribution in [3.05, 3.63) is 64.2 Å². The smallest absolute Gasteiger partial charge is 0.119 e. The average molecular weight is 277 g/mol. The number of rotatable bonds is 4. The summed E-state index contributed by atoms with van der Waals surface area (Å²) in [4.78, 5) is 0. The van der Waals surface area contributed by atoms with E-state index in [9.17, 15) is 5.11 Å². The van der Waals surface area contributed by atoms with Gasteiger partial charge in [-0.15, -0.1) is 0 Å². The normalized spacial score (nSPS) is 12.2. The van der Waals surface area contributed by atoms with Crippen molar-refractivity contribution < 1.29 is 9.84 Å². The summed E-state index contributed by atoms with van der Waals surface area (Å²) in [5.74, 6) is 0.806. The van der Waals surface area contributed by atoms with E-state index in [4.69, 9.17) is 16.3 Å². The molecule has 0 aliphatic carbocycles. The maximum Gasteiger partial charge on any atom is 0.119 e. The molecule has 0 aliphatic rings. The van der Waals surface area contributed by atoms with Gasteiger partial charge in [0.05, 0.1) is 6.61 Å². The van der Waals surface area contributed by atoms with E-state index in [1.54, 1.807) is 6.07 Å². The van der Waals surface area contributed by atoms with Gasteiger partial charge in [0.1, 0.15) is 11.9 Å². The van der Waals surface area contributed by atoms with E-state index in [-0.39, 0.29) is 0 Å². The number of hydrogen-bond donors (Lipinski definition) is 1. The first-order chi connectivity index (χ1) is 9.11. The van der Waals surface area contributed by atoms with Crippen LogP contribution in [0.5, 0.6) is 5.75 Å². The lowest BCUT2D eigenvalue weighted by molar-refractivity contribution is 0.220. The van der Waals surface area contributed by atoms with Gasteiger partial charge >= 0.3 is 0 Å². The van der Waals surface area contributed by atoms with E-state index < -0.39 is 6.10 Å². The van der Waals surface area contributed by atoms with Gasteiger partial charge in [0.15, 0.2) is 0 Å². The molecule has 1 atom stereocenters. The Balaban J connectivity index is 2.22. The fourth-order valence-corrected chi connectivity index (χ4v) is 2.07. The largest absolute Gasteiger partial charge is 0.494 e. The van der Waals surface area contributed by atoms with Crippen molar-refractivity contribution in [2.45, 2.75) is 20.0 Å². The first-order valence-electron chi connectivity index (χ1n) is 6.28. The first kappa shape index (κ1) is 13.9. The van der Waals surface area contributed by atoms with Crippen molar-refractivity contribution >= 4 is 11.6 Å². The molecule has 1 N–H and O–H groups in total. The molecule has 0 aromatic heterocycles. The van der Waals surface area contributed by atoms with E-state index in [0.717, 1.165) is 22.4 Å². The van der Waals surface area contributed by atoms with Gasteiger partial charge in [-0.2, -0.15) is 0 Å². The van der Waals surface area contributed by atoms with E-state index in [1.165, 1.54) is 0 Å². The summed E-state index contributed by atoms with van der Waals surface area (Å²) in [6.07, 6.45) is -0.672. The van der Waals surface area contributed by atoms with Crippen LogP contribution < -0.4 is 4.74 Å². The van der Waals surface area contributed by atoms with E-state index >= 15 is 0 Å². The summed E-state index contributed by atoms with van der Waals surface area (Å²) in [6, 6.07) is 13.1. The molecule has 0 saturated heterocycles. The van der Waals surface area contributed by atoms with Gasteiger partial charge in [0.2, 0.25) is 0 Å². The molecular formula is C16H17ClO2. The number of aliphatic hydroxyl groups excluding tert-OH is 1. The zero-order valence-corrected chi connectivity index (χ0v) is 11.8. The minimum atomic E-state index is -0.672. The Bertz CT molecular complexity index is 549. The van der Waals surface area contributed by atoms with E-state index in [2.05, 4.69) is 0 Å². The highest BCUT2D eigenvalue weighted by Crippen LogP contribution is 2.27. The summed E-state index contributed by atoms with van der Waals surface area (Å²) in [5, 5.41) is 11.0. The lowest BCUT2D eigenvalue weighted by Gasteiger charge is -2.13. The van der Waals surface area contributed by atoms with Crippen LogP contribution in [0.25, 0.3) is 0 Å². The van der Waals surface area contributed by atoms with Gasteiger partial charge in [-0.05, 0) is 48.7 Å². The zero-order valence-electron chi connectivity index (χ0n) is 11.1. The van der Waals surface area contributed by atoms with Crippen LogP contribution in [0, 0.1) is 6.92 Å². The van der Waals surface area contributed by atoms with Crippen LogP contribution in [0.4, 0.5) is 0 Å². The van der Waals surface area contributed by atoms with Crippen LogP contribution in [-0.2, 0) is 0 Å². The number of ether oxygens (including phenoxy) is 1. The third-order valence-corrected chi connectivity index (χ3v) is 3.43. The maximum absolute atomic E-state index is 10.3. The molecule has 0 heterocycles. The monoisotopic (exact) mass is 276 g/mol. The van der Waals surface area contributed by atoms with Crippen molar-refractivity contribution in [3.63, 3.8) is 0 Å². The number of aryl methyl sites for hydroxylation is 1. The fraction of sp³-hybridized carbons (Fsp3) is 0.250. The molecule has 0 fully saturated rings. The van der Waals surface area contributed by atoms with Crippen LogP contribution in [0.3, 0.4) is 0 Å². The molecule has 0 aliphatic heterocycles. The quantitative estimate of drug-likeness (QED) is 0.910. The van der Waals surface area contributed by atoms with Gasteiger partial charge in [-0.1, -0.05) is 35.9 Å². The van der Waals surface area contributed by atoms with Crippen molar-refractivity contribution in [2.75, 3.05) is 6.61 Å². The predicted molar refractivity (Wildman–Crippen MR) is 77.9 cm³/mol. The second-order valence-electron chi connectivity index (χ2n) is 4.41. The highest BCUT2D eigenvalue weighted by atomic mass is 35.5. The summed E-state index contributed by atoms with van der Waals surface area (Å²) >= 11 is 6.08. The molecule has 0 saturated carbocycles. The predicted octanol–water partition coefficient (Wildman–Crippen LogP) is 4.13. The van der Waals surface area contributed by atoms with Gasteiger partial charge in [0.25, 0.3) is 0 Å². The van der Waals surface area contributed by atoms with Crippen molar-refractivity contribution in [3.8, 4) is 5.75 Å². The third kappa shape index (κ3) is 3.28. The highest BCUT2D eigenvalue weighted by molar-refractivity contribution is 6.31. The summed E-state index contributed by atoms with van der Waals surface area (Å²) in [6.45, 7) is 4.52. The first-order valence-corrected chi connectivity index (χ1v) is 6.66. The summed E-state index contributed by atoms with van der Waals surface area (Å²) in [7, 11) is 0. The Kier molecular flexibility index (Phi) is 4.46. The Labute approximate surface area is 118 Å². The molecule has 3 heteroatoms. The summed E-state index contributed by atoms with van der Waals surface area (Å²) < 4.78 is 5.38. The van der Waals surface area contributed by atoms with Crippen LogP contribution in [0.15, 0.2) is 42.5 Å². The standard InChI is InChI=1S/C16H17ClO2/c1-3-19-14-8-6-12(7-9-14)16(18)13-5-4-11(2)15(17)10-13/h4-10,16,18H,3H2,1-2H3. The van der Waals surface area contributed by atoms with Gasteiger partial charge in [-0.3, -0.25) is 0 Å². The van der Waals surface area contributed by atoms with Crippen LogP contribution in [0.1, 0.15) is 29.7 Å². The molecule has 0 spiro atoms. The molecule has 2 nitrogen and oxygen atoms in total. The maximum atomic E-state index is 10.3. The Morgan fingerprint density at radius 3 is 2.32 bits per heavy atom. The highest BCUT2D eigenvalue weighted by Gasteiger charge is 2.11. The molecule has 1 unspecified atom stereocenters. The Morgan fingerprint density at radius 2 is 1.74 bits per heavy atom. The molecule has 0 radical (unpaired) electrons. The number of benzene rings is 2. The molecule has 2 aromatic rings. The molecular weight excluding hydrogens is 260 g/mol. The fourth-order valence-electron chi connectivity index (χ4n) is 1.88. The lowest BCUT2D eigenvalue weighted by atomic mass is 10.0. The Hall–Kier alpha value is -1.51. The van der Waals surface area contributed by atoms with Crippen molar-refractivity contribution in [2.24, 2.45) is 0 Å². The number of halogens is 1. The number of aliphatic hydroxyl groups is 1. The summed E-state index contributed by atoms with van der Waals surface area (Å²) in [5.41, 5.74) is 2.62. The molecule has 0 amide bonds. The minimum Gasteiger partial charge on any atom is -0.494 e. The topological polar surface area (TPSA) is 29.5 Å². The number of hydrogen-bond acceptors (Lipinski definition) is 2. The third-order valence-electron chi connectivity index (χ3n) is 3.02. The van der Waals surface area contributed by atoms with Gasteiger partial charge in [-0.25, -0.2) is 0 Å². The van der Waals surface area contributed by atoms with Crippen molar-refractivity contribution in [1.82, 2.24) is 0 Å². The van der Waals surface area contributed by atoms with Crippen molar-refractivity contribution in [1.29, 1.82) is 0 Å². The lowest BCUT2D eigenvalue weighted by Crippen LogP contribution is -2.00. The molecule has 2 rings (SSSR count). The van der Waals surface area contributed by atoms with Crippen LogP contribution in [-0.4, -0.2) is 11.7 Å².